The quantitative estimate of drug-likeness (QED) is 0.0203. The van der Waals surface area contributed by atoms with E-state index in [4.69, 9.17) is 11.6 Å². The summed E-state index contributed by atoms with van der Waals surface area (Å²) in [7, 11) is 0. The van der Waals surface area contributed by atoms with Crippen molar-refractivity contribution in [2.24, 2.45) is 0 Å². The average molecular weight is 1830 g/mol. The Hall–Kier alpha value is -14.2. The van der Waals surface area contributed by atoms with Crippen LogP contribution in [0.15, 0.2) is 318 Å². The number of nitrogens with zero attached hydrogens (tertiary/aromatic N) is 24. The van der Waals surface area contributed by atoms with Crippen LogP contribution in [0.4, 0.5) is 0 Å². The van der Waals surface area contributed by atoms with Crippen molar-refractivity contribution in [3.8, 4) is 11.8 Å². The Bertz CT molecular complexity index is 5880. The molecule has 0 aliphatic heterocycles. The normalized spacial score (nSPS) is 10.9. The Morgan fingerprint density at radius 3 is 0.985 bits per heavy atom. The molecule has 0 spiro atoms. The van der Waals surface area contributed by atoms with Gasteiger partial charge in [-0.3, -0.25) is 40.0 Å². The first kappa shape index (κ1) is 103. The minimum atomic E-state index is 0. The van der Waals surface area contributed by atoms with Crippen LogP contribution >= 0.6 is 11.6 Å². The van der Waals surface area contributed by atoms with Crippen LogP contribution in [0, 0.1) is 11.8 Å². The number of nitrogens with one attached hydrogen (secondary N) is 4. The van der Waals surface area contributed by atoms with Gasteiger partial charge >= 0.3 is 0 Å². The van der Waals surface area contributed by atoms with E-state index in [2.05, 4.69) is 359 Å². The lowest BCUT2D eigenvalue weighted by Gasteiger charge is -2.25. The van der Waals surface area contributed by atoms with E-state index in [0.717, 1.165) is 199 Å². The molecule has 8 heterocycles. The summed E-state index contributed by atoms with van der Waals surface area (Å²) in [5.41, 5.74) is 11.6. The monoisotopic (exact) mass is 1830 g/mol. The van der Waals surface area contributed by atoms with Gasteiger partial charge in [-0.05, 0) is 172 Å². The van der Waals surface area contributed by atoms with Gasteiger partial charge in [-0.25, -0.2) is 19.9 Å². The molecule has 0 aliphatic rings. The van der Waals surface area contributed by atoms with Gasteiger partial charge in [0, 0.05) is 29.6 Å². The molecule has 17 aromatic rings. The highest BCUT2D eigenvalue weighted by Crippen LogP contribution is 2.29. The Morgan fingerprint density at radius 2 is 0.615 bits per heavy atom. The van der Waals surface area contributed by atoms with Crippen molar-refractivity contribution in [2.45, 2.75) is 198 Å². The number of benzene rings is 9. The molecule has 0 amide bonds. The van der Waals surface area contributed by atoms with Gasteiger partial charge < -0.3 is 18.3 Å². The zero-order valence-electron chi connectivity index (χ0n) is 74.2. The van der Waals surface area contributed by atoms with Crippen molar-refractivity contribution in [1.82, 2.24) is 139 Å². The molecule has 0 saturated carbocycles. The lowest BCUT2D eigenvalue weighted by atomic mass is 9.88. The summed E-state index contributed by atoms with van der Waals surface area (Å²) < 4.78 is 8.40. The number of rotatable bonds is 46. The molecule has 8 aromatic heterocycles. The number of aromatic nitrogens is 24. The second-order valence-electron chi connectivity index (χ2n) is 32.4. The second kappa shape index (κ2) is 58.6. The highest BCUT2D eigenvalue weighted by Gasteiger charge is 2.22. The van der Waals surface area contributed by atoms with Gasteiger partial charge in [-0.1, -0.05) is 296 Å². The molecule has 0 bridgehead atoms. The molecule has 0 radical (unpaired) electrons. The van der Waals surface area contributed by atoms with Crippen LogP contribution < -0.4 is 0 Å². The molecule has 702 valence electrons. The molecule has 0 saturated heterocycles. The van der Waals surface area contributed by atoms with E-state index < -0.39 is 0 Å². The van der Waals surface area contributed by atoms with E-state index in [1.54, 1.807) is 38.0 Å². The topological polar surface area (TPSA) is 302 Å². The van der Waals surface area contributed by atoms with Crippen molar-refractivity contribution in [1.29, 1.82) is 0 Å². The molecule has 0 unspecified atom stereocenters. The lowest BCUT2D eigenvalue weighted by Crippen LogP contribution is -2.28. The van der Waals surface area contributed by atoms with Crippen LogP contribution in [0.5, 0.6) is 0 Å². The molecule has 0 atom stereocenters. The Labute approximate surface area is 801 Å². The van der Waals surface area contributed by atoms with Crippen LogP contribution in [-0.2, 0) is 104 Å². The van der Waals surface area contributed by atoms with Gasteiger partial charge in [0.1, 0.15) is 97.2 Å². The SMILES string of the molecule is C.C.C.C.C(#Cc1ccccc1)Cn1cnnc1CN(CCCCc1ccccc1)Cc1ncn[nH]1.Clc1cccc(Cn2cnnc2CN(CCCCc2ccccc2)Cc2ncn[nH]2)c1.c1ccc(CCCCN(Cc2ncn[nH]2)Cc2nncn2CCCCc2ccccc2)cc1.c1ccc(Cn2cnnc2CN(CCC(c2ccccc2)c2ccccc2)Cc2ncn[nH]2)cc1. The maximum atomic E-state index is 6.14. The number of H-pyrrole nitrogens is 4. The molecule has 17 rings (SSSR count). The van der Waals surface area contributed by atoms with Crippen molar-refractivity contribution in [3.63, 3.8) is 0 Å². The van der Waals surface area contributed by atoms with Crippen LogP contribution in [-0.4, -0.2) is 166 Å². The van der Waals surface area contributed by atoms with E-state index >= 15 is 0 Å². The third-order valence-electron chi connectivity index (χ3n) is 22.5. The van der Waals surface area contributed by atoms with Crippen molar-refractivity contribution < 1.29 is 0 Å². The fourth-order valence-electron chi connectivity index (χ4n) is 15.7. The van der Waals surface area contributed by atoms with Crippen LogP contribution in [0.3, 0.4) is 0 Å². The molecule has 0 fully saturated rings. The Kier molecular flexibility index (Phi) is 44.7. The van der Waals surface area contributed by atoms with Crippen molar-refractivity contribution >= 4 is 11.6 Å². The predicted molar refractivity (Wildman–Crippen MR) is 535 cm³/mol. The van der Waals surface area contributed by atoms with E-state index in [-0.39, 0.29) is 29.7 Å². The van der Waals surface area contributed by atoms with Gasteiger partial charge in [-0.15, -0.1) is 40.8 Å². The molecule has 4 N–H and O–H groups in total. The molecule has 9 aromatic carbocycles. The summed E-state index contributed by atoms with van der Waals surface area (Å²) in [6.45, 7) is 12.2. The first-order valence-corrected chi connectivity index (χ1v) is 45.5. The number of halogens is 1. The van der Waals surface area contributed by atoms with Gasteiger partial charge in [-0.2, -0.15) is 20.4 Å². The largest absolute Gasteiger partial charge is 0.317 e. The van der Waals surface area contributed by atoms with Crippen LogP contribution in [0.1, 0.15) is 190 Å². The zero-order chi connectivity index (χ0) is 89.4. The van der Waals surface area contributed by atoms with Crippen molar-refractivity contribution in [3.05, 3.63) is 419 Å². The Balaban J connectivity index is 0.000000185. The van der Waals surface area contributed by atoms with E-state index in [1.807, 2.05) is 71.8 Å². The van der Waals surface area contributed by atoms with Crippen LogP contribution in [0.2, 0.25) is 5.02 Å². The molecule has 0 aliphatic carbocycles. The fourth-order valence-corrected chi connectivity index (χ4v) is 15.9. The van der Waals surface area contributed by atoms with Crippen molar-refractivity contribution in [2.75, 3.05) is 26.2 Å². The third-order valence-corrected chi connectivity index (χ3v) is 22.7. The summed E-state index contributed by atoms with van der Waals surface area (Å²) in [5.74, 6) is 13.9. The standard InChI is InChI=1S/C28H29N7.C26H33N7.C25H27N7.C23H26ClN7.4CH4/c1-4-10-23(11-5-1)18-35-22-31-33-28(35)20-34(19-27-29-21-30-32-27)17-16-26(24-12-6-2-7-13-24)25-14-8-3-9-15-25;1-3-11-23(12-4-1)15-7-9-17-32(19-25-27-21-28-30-25)20-26-31-29-22-33(26)18-10-8-16-24-13-5-2-6-14-24;1-3-10-22(11-4-1)14-7-8-16-31(18-24-26-20-27-29-24)19-25-30-28-21-32(25)17-9-15-23-12-5-2-6-13-23;24-21-11-6-10-20(13-21)14-31-18-27-29-23(31)16-30(15-22-25-17-26-28-22)12-5-4-9-19-7-2-1-3-8-19;;;;/h1-15,21-22,26H,16-20H2,(H,29,30,32);1-6,11-14,21-22H,7-10,15-20H2,(H,27,28,30);1-6,10-13,20-21H,7-8,14,16-19H2,(H,26,27,29);1-3,6-8,10-11,13,17-18H,4-5,9,12,14-16H2,(H,25,26,28);4*1H4. The maximum absolute atomic E-state index is 6.14. The summed E-state index contributed by atoms with van der Waals surface area (Å²) >= 11 is 6.14. The minimum Gasteiger partial charge on any atom is -0.317 e. The third kappa shape index (κ3) is 36.0. The Morgan fingerprint density at radius 1 is 0.304 bits per heavy atom. The first-order chi connectivity index (χ1) is 64.8. The van der Waals surface area contributed by atoms with Gasteiger partial charge in [0.15, 0.2) is 0 Å². The van der Waals surface area contributed by atoms with Gasteiger partial charge in [0.2, 0.25) is 0 Å². The zero-order valence-corrected chi connectivity index (χ0v) is 75.0. The number of aryl methyl sites for hydroxylation is 5. The number of aromatic amines is 4. The van der Waals surface area contributed by atoms with Gasteiger partial charge in [0.25, 0.3) is 0 Å². The molecule has 28 nitrogen and oxygen atoms in total. The smallest absolute Gasteiger partial charge is 0.147 e. The average Bonchev–Trinajstić information content (AvgIpc) is 1.68. The highest BCUT2D eigenvalue weighted by atomic mass is 35.5. The summed E-state index contributed by atoms with van der Waals surface area (Å²) in [6, 6.07) is 92.4. The minimum absolute atomic E-state index is 0. The number of hydrogen-bond donors (Lipinski definition) is 4. The maximum Gasteiger partial charge on any atom is 0.147 e. The van der Waals surface area contributed by atoms with E-state index in [0.29, 0.717) is 58.3 Å². The fraction of sp³-hybridized carbons (Fsp3) is 0.321. The molecule has 29 heteroatoms. The highest BCUT2D eigenvalue weighted by molar-refractivity contribution is 6.30. The first-order valence-electron chi connectivity index (χ1n) is 45.2. The predicted octanol–water partition coefficient (Wildman–Crippen LogP) is 19.3. The van der Waals surface area contributed by atoms with Crippen LogP contribution in [0.25, 0.3) is 0 Å². The molecule has 135 heavy (non-hydrogen) atoms. The summed E-state index contributed by atoms with van der Waals surface area (Å²) in [5, 5.41) is 62.9. The van der Waals surface area contributed by atoms with E-state index in [9.17, 15) is 0 Å². The summed E-state index contributed by atoms with van der Waals surface area (Å²) in [4.78, 5) is 26.7. The number of hydrogen-bond acceptors (Lipinski definition) is 20. The molecular weight excluding hydrogens is 1700 g/mol. The summed E-state index contributed by atoms with van der Waals surface area (Å²) in [6.07, 6.45) is 27.7. The lowest BCUT2D eigenvalue weighted by molar-refractivity contribution is 0.234. The number of unbranched alkanes of at least 4 members (excludes halogenated alkanes) is 4. The second-order valence-corrected chi connectivity index (χ2v) is 32.8. The molecular formula is C106H131ClN28. The van der Waals surface area contributed by atoms with E-state index in [1.165, 1.54) is 38.9 Å². The van der Waals surface area contributed by atoms with Gasteiger partial charge in [0.05, 0.1) is 72.0 Å².